The van der Waals surface area contributed by atoms with Crippen LogP contribution in [-0.4, -0.2) is 41.3 Å². The first-order valence-corrected chi connectivity index (χ1v) is 7.19. The highest BCUT2D eigenvalue weighted by molar-refractivity contribution is 9.10. The summed E-state index contributed by atoms with van der Waals surface area (Å²) in [5.41, 5.74) is 1.46. The van der Waals surface area contributed by atoms with Crippen molar-refractivity contribution < 1.29 is 9.90 Å². The number of hydrogen-bond donors (Lipinski definition) is 1. The first-order valence-electron chi connectivity index (χ1n) is 6.40. The number of halogens is 1. The van der Waals surface area contributed by atoms with Crippen LogP contribution in [-0.2, 0) is 0 Å². The van der Waals surface area contributed by atoms with Gasteiger partial charge in [-0.3, -0.25) is 4.90 Å². The van der Waals surface area contributed by atoms with Crippen LogP contribution in [0.25, 0.3) is 0 Å². The second-order valence-corrected chi connectivity index (χ2v) is 5.98. The van der Waals surface area contributed by atoms with E-state index in [9.17, 15) is 15.2 Å². The minimum absolute atomic E-state index is 0.105. The molecule has 1 aliphatic heterocycles. The molecule has 1 fully saturated rings. The third-order valence-corrected chi connectivity index (χ3v) is 4.05. The van der Waals surface area contributed by atoms with Crippen LogP contribution in [0.3, 0.4) is 0 Å². The minimum Gasteiger partial charge on any atom is -0.465 e. The number of nitriles is 1. The highest BCUT2D eigenvalue weighted by atomic mass is 79.9. The predicted molar refractivity (Wildman–Crippen MR) is 79.9 cm³/mol. The van der Waals surface area contributed by atoms with E-state index in [4.69, 9.17) is 0 Å². The molecule has 1 aromatic rings. The van der Waals surface area contributed by atoms with E-state index in [1.807, 2.05) is 26.0 Å². The normalized spacial score (nSPS) is 22.5. The van der Waals surface area contributed by atoms with E-state index in [0.717, 1.165) is 10.2 Å². The van der Waals surface area contributed by atoms with Gasteiger partial charge in [-0.1, -0.05) is 15.9 Å². The van der Waals surface area contributed by atoms with Crippen LogP contribution < -0.4 is 4.90 Å². The SMILES string of the molecule is CC1CN(c2ccc(Br)cc2C#N)CC(C)N1C(=O)O. The molecule has 5 nitrogen and oxygen atoms in total. The van der Waals surface area contributed by atoms with E-state index in [2.05, 4.69) is 26.9 Å². The molecule has 106 valence electrons. The lowest BCUT2D eigenvalue weighted by Gasteiger charge is -2.44. The molecule has 0 aromatic heterocycles. The van der Waals surface area contributed by atoms with Gasteiger partial charge in [0.25, 0.3) is 0 Å². The predicted octanol–water partition coefficient (Wildman–Crippen LogP) is 2.90. The number of rotatable bonds is 1. The van der Waals surface area contributed by atoms with E-state index in [-0.39, 0.29) is 12.1 Å². The molecule has 1 aromatic carbocycles. The third-order valence-electron chi connectivity index (χ3n) is 3.56. The third kappa shape index (κ3) is 2.73. The summed E-state index contributed by atoms with van der Waals surface area (Å²) in [5.74, 6) is 0. The van der Waals surface area contributed by atoms with Crippen LogP contribution in [0, 0.1) is 11.3 Å². The topological polar surface area (TPSA) is 67.6 Å². The molecule has 0 saturated carbocycles. The smallest absolute Gasteiger partial charge is 0.407 e. The van der Waals surface area contributed by atoms with Crippen molar-refractivity contribution in [3.8, 4) is 6.07 Å². The molecule has 20 heavy (non-hydrogen) atoms. The average molecular weight is 338 g/mol. The summed E-state index contributed by atoms with van der Waals surface area (Å²) in [6, 6.07) is 7.57. The van der Waals surface area contributed by atoms with Crippen LogP contribution in [0.4, 0.5) is 10.5 Å². The lowest BCUT2D eigenvalue weighted by molar-refractivity contribution is 0.0982. The molecule has 1 aliphatic rings. The summed E-state index contributed by atoms with van der Waals surface area (Å²) in [5, 5.41) is 18.5. The zero-order valence-electron chi connectivity index (χ0n) is 11.4. The molecular formula is C14H16BrN3O2. The maximum absolute atomic E-state index is 11.2. The van der Waals surface area contributed by atoms with Gasteiger partial charge in [-0.05, 0) is 32.0 Å². The van der Waals surface area contributed by atoms with Gasteiger partial charge in [-0.15, -0.1) is 0 Å². The fraction of sp³-hybridized carbons (Fsp3) is 0.429. The Morgan fingerprint density at radius 3 is 2.50 bits per heavy atom. The molecule has 2 unspecified atom stereocenters. The molecule has 1 N–H and O–H groups in total. The number of nitrogens with zero attached hydrogens (tertiary/aromatic N) is 3. The zero-order chi connectivity index (χ0) is 14.9. The molecule has 1 amide bonds. The van der Waals surface area contributed by atoms with Gasteiger partial charge in [0.2, 0.25) is 0 Å². The second kappa shape index (κ2) is 5.71. The molecule has 2 atom stereocenters. The van der Waals surface area contributed by atoms with Gasteiger partial charge in [0.15, 0.2) is 0 Å². The highest BCUT2D eigenvalue weighted by Gasteiger charge is 2.33. The summed E-state index contributed by atoms with van der Waals surface area (Å²) in [4.78, 5) is 14.8. The molecule has 0 aliphatic carbocycles. The van der Waals surface area contributed by atoms with Crippen molar-refractivity contribution in [2.45, 2.75) is 25.9 Å². The highest BCUT2D eigenvalue weighted by Crippen LogP contribution is 2.27. The zero-order valence-corrected chi connectivity index (χ0v) is 13.0. The van der Waals surface area contributed by atoms with Crippen LogP contribution >= 0.6 is 15.9 Å². The number of hydrogen-bond acceptors (Lipinski definition) is 3. The van der Waals surface area contributed by atoms with Gasteiger partial charge in [0, 0.05) is 17.6 Å². The average Bonchev–Trinajstić information content (AvgIpc) is 2.37. The van der Waals surface area contributed by atoms with Crippen molar-refractivity contribution in [1.82, 2.24) is 4.90 Å². The molecule has 1 heterocycles. The fourth-order valence-electron chi connectivity index (χ4n) is 2.77. The van der Waals surface area contributed by atoms with Crippen LogP contribution in [0.2, 0.25) is 0 Å². The Hall–Kier alpha value is -1.74. The van der Waals surface area contributed by atoms with E-state index in [1.165, 1.54) is 4.90 Å². The molecule has 0 radical (unpaired) electrons. The van der Waals surface area contributed by atoms with Gasteiger partial charge in [0.1, 0.15) is 6.07 Å². The van der Waals surface area contributed by atoms with Crippen molar-refractivity contribution in [3.05, 3.63) is 28.2 Å². The number of amides is 1. The summed E-state index contributed by atoms with van der Waals surface area (Å²) in [7, 11) is 0. The lowest BCUT2D eigenvalue weighted by Crippen LogP contribution is -2.58. The van der Waals surface area contributed by atoms with Gasteiger partial charge in [-0.25, -0.2) is 4.79 Å². The monoisotopic (exact) mass is 337 g/mol. The van der Waals surface area contributed by atoms with Gasteiger partial charge < -0.3 is 10.0 Å². The molecule has 1 saturated heterocycles. The van der Waals surface area contributed by atoms with Crippen molar-refractivity contribution in [1.29, 1.82) is 5.26 Å². The number of carboxylic acid groups (broad SMARTS) is 1. The Kier molecular flexibility index (Phi) is 4.19. The van der Waals surface area contributed by atoms with Crippen molar-refractivity contribution >= 4 is 27.7 Å². The first kappa shape index (κ1) is 14.7. The summed E-state index contributed by atoms with van der Waals surface area (Å²) in [6.45, 7) is 4.96. The van der Waals surface area contributed by atoms with Crippen molar-refractivity contribution in [2.24, 2.45) is 0 Å². The van der Waals surface area contributed by atoms with Crippen LogP contribution in [0.1, 0.15) is 19.4 Å². The Morgan fingerprint density at radius 2 is 2.00 bits per heavy atom. The maximum Gasteiger partial charge on any atom is 0.407 e. The van der Waals surface area contributed by atoms with E-state index >= 15 is 0 Å². The summed E-state index contributed by atoms with van der Waals surface area (Å²) >= 11 is 3.36. The second-order valence-electron chi connectivity index (χ2n) is 5.07. The number of carbonyl (C=O) groups is 1. The molecule has 0 bridgehead atoms. The Balaban J connectivity index is 2.29. The Bertz CT molecular complexity index is 558. The Labute approximate surface area is 126 Å². The number of piperazine rings is 1. The quantitative estimate of drug-likeness (QED) is 0.855. The standard InChI is InChI=1S/C14H16BrN3O2/c1-9-7-17(8-10(2)18(9)14(19)20)13-4-3-12(15)5-11(13)6-16/h3-5,9-10H,7-8H2,1-2H3,(H,19,20). The van der Waals surface area contributed by atoms with Crippen molar-refractivity contribution in [2.75, 3.05) is 18.0 Å². The summed E-state index contributed by atoms with van der Waals surface area (Å²) in [6.07, 6.45) is -0.888. The van der Waals surface area contributed by atoms with E-state index < -0.39 is 6.09 Å². The fourth-order valence-corrected chi connectivity index (χ4v) is 3.13. The van der Waals surface area contributed by atoms with E-state index in [1.54, 1.807) is 6.07 Å². The first-order chi connectivity index (χ1) is 9.43. The van der Waals surface area contributed by atoms with Gasteiger partial charge in [0.05, 0.1) is 23.3 Å². The lowest BCUT2D eigenvalue weighted by atomic mass is 10.1. The largest absolute Gasteiger partial charge is 0.465 e. The molecule has 6 heteroatoms. The van der Waals surface area contributed by atoms with E-state index in [0.29, 0.717) is 18.7 Å². The van der Waals surface area contributed by atoms with Crippen LogP contribution in [0.15, 0.2) is 22.7 Å². The van der Waals surface area contributed by atoms with Crippen LogP contribution in [0.5, 0.6) is 0 Å². The molecule has 2 rings (SSSR count). The maximum atomic E-state index is 11.2. The molecular weight excluding hydrogens is 322 g/mol. The summed E-state index contributed by atoms with van der Waals surface area (Å²) < 4.78 is 0.864. The molecule has 0 spiro atoms. The minimum atomic E-state index is -0.888. The van der Waals surface area contributed by atoms with Gasteiger partial charge >= 0.3 is 6.09 Å². The van der Waals surface area contributed by atoms with Gasteiger partial charge in [-0.2, -0.15) is 5.26 Å². The number of anilines is 1. The number of benzene rings is 1. The van der Waals surface area contributed by atoms with Crippen molar-refractivity contribution in [3.63, 3.8) is 0 Å². The Morgan fingerprint density at radius 1 is 1.40 bits per heavy atom.